The van der Waals surface area contributed by atoms with Crippen molar-refractivity contribution in [1.29, 1.82) is 0 Å². The summed E-state index contributed by atoms with van der Waals surface area (Å²) in [7, 11) is -2.06. The molecule has 11 heteroatoms. The third-order valence-electron chi connectivity index (χ3n) is 10.1. The highest BCUT2D eigenvalue weighted by atomic mass is 32.2. The first-order valence-corrected chi connectivity index (χ1v) is 19.9. The quantitative estimate of drug-likeness (QED) is 0.0935. The van der Waals surface area contributed by atoms with Crippen LogP contribution < -0.4 is 10.0 Å². The van der Waals surface area contributed by atoms with Crippen molar-refractivity contribution >= 4 is 21.6 Å². The number of sulfonamides is 1. The Labute approximate surface area is 323 Å². The van der Waals surface area contributed by atoms with Crippen molar-refractivity contribution < 1.29 is 32.9 Å². The van der Waals surface area contributed by atoms with E-state index in [4.69, 9.17) is 9.47 Å². The van der Waals surface area contributed by atoms with Crippen LogP contribution in [0.5, 0.6) is 0 Å². The van der Waals surface area contributed by atoms with E-state index in [-0.39, 0.29) is 36.2 Å². The van der Waals surface area contributed by atoms with Gasteiger partial charge in [-0.2, -0.15) is 4.72 Å². The van der Waals surface area contributed by atoms with Gasteiger partial charge in [0, 0.05) is 30.3 Å². The van der Waals surface area contributed by atoms with E-state index in [0.717, 1.165) is 27.8 Å². The fraction of sp³-hybridized carbons (Fsp3) is 0.295. The molecule has 6 atom stereocenters. The molecule has 0 unspecified atom stereocenters. The first-order valence-electron chi connectivity index (χ1n) is 18.5. The molecule has 0 bridgehead atoms. The fourth-order valence-corrected chi connectivity index (χ4v) is 7.89. The van der Waals surface area contributed by atoms with Crippen LogP contribution in [-0.4, -0.2) is 61.2 Å². The maximum atomic E-state index is 13.9. The highest BCUT2D eigenvalue weighted by Gasteiger charge is 2.34. The van der Waals surface area contributed by atoms with E-state index >= 15 is 0 Å². The number of hydrogen-bond acceptors (Lipinski definition) is 8. The summed E-state index contributed by atoms with van der Waals surface area (Å²) in [5.41, 5.74) is 5.40. The Kier molecular flexibility index (Phi) is 13.3. The average molecular weight is 764 g/mol. The Hall–Kier alpha value is -4.72. The number of carbonyl (C=O) groups is 1. The van der Waals surface area contributed by atoms with Crippen LogP contribution in [0, 0.1) is 6.92 Å². The molecule has 5 aromatic rings. The van der Waals surface area contributed by atoms with Crippen molar-refractivity contribution in [2.75, 3.05) is 18.9 Å². The molecular formula is C44H49N3O7S. The summed E-state index contributed by atoms with van der Waals surface area (Å²) in [6, 6.07) is 38.8. The van der Waals surface area contributed by atoms with Crippen molar-refractivity contribution in [3.63, 3.8) is 0 Å². The van der Waals surface area contributed by atoms with Gasteiger partial charge in [0.05, 0.1) is 29.8 Å². The minimum Gasteiger partial charge on any atom is -0.392 e. The lowest BCUT2D eigenvalue weighted by Crippen LogP contribution is -2.45. The predicted molar refractivity (Wildman–Crippen MR) is 212 cm³/mol. The minimum atomic E-state index is -4.02. The lowest BCUT2D eigenvalue weighted by molar-refractivity contribution is -0.253. The summed E-state index contributed by atoms with van der Waals surface area (Å²) in [5, 5.41) is 23.7. The summed E-state index contributed by atoms with van der Waals surface area (Å²) in [6.07, 6.45) is -1.45. The molecule has 288 valence electrons. The molecule has 55 heavy (non-hydrogen) atoms. The molecule has 1 fully saturated rings. The summed E-state index contributed by atoms with van der Waals surface area (Å²) >= 11 is 0. The summed E-state index contributed by atoms with van der Waals surface area (Å²) < 4.78 is 42.7. The predicted octanol–water partition coefficient (Wildman–Crippen LogP) is 6.61. The Morgan fingerprint density at radius 2 is 1.51 bits per heavy atom. The minimum absolute atomic E-state index is 0.0648. The molecule has 5 aromatic carbocycles. The third kappa shape index (κ3) is 10.5. The molecule has 0 radical (unpaired) electrons. The average Bonchev–Trinajstić information content (AvgIpc) is 3.20. The molecule has 0 aromatic heterocycles. The van der Waals surface area contributed by atoms with E-state index in [2.05, 4.69) is 14.9 Å². The van der Waals surface area contributed by atoms with Crippen molar-refractivity contribution in [3.8, 4) is 0 Å². The van der Waals surface area contributed by atoms with E-state index < -0.39 is 34.4 Å². The van der Waals surface area contributed by atoms with E-state index in [0.29, 0.717) is 24.2 Å². The van der Waals surface area contributed by atoms with Gasteiger partial charge in [0.2, 0.25) is 15.9 Å². The molecule has 1 saturated heterocycles. The van der Waals surface area contributed by atoms with Gasteiger partial charge < -0.3 is 25.0 Å². The van der Waals surface area contributed by atoms with Gasteiger partial charge in [0.15, 0.2) is 6.29 Å². The molecule has 0 spiro atoms. The summed E-state index contributed by atoms with van der Waals surface area (Å²) in [4.78, 5) is 16.1. The smallest absolute Gasteiger partial charge is 0.242 e. The second-order valence-electron chi connectivity index (χ2n) is 14.2. The van der Waals surface area contributed by atoms with Gasteiger partial charge in [0.1, 0.15) is 6.04 Å². The standard InChI is InChI=1S/C44H49N3O7S/c1-30-17-23-39(24-18-30)55(51,52)46-40(25-32-11-6-4-7-12-32)43(50)45-37-16-10-15-36(26-37)44-53-38(27-41(54-44)34-21-19-33(29-48)20-22-34)28-47(3)31(2)42(49)35-13-8-5-9-14-35/h4-24,26,31,38,40-42,44,46,48-49H,25,27-29H2,1-3H3,(H,45,50)/t31-,38+,40-,41-,42-,44-/m1/s1. The SMILES string of the molecule is Cc1ccc(S(=O)(=O)N[C@H](Cc2ccccc2)C(=O)Nc2cccc([C@@H]3O[C@H](CN(C)[C@H](C)[C@@H](O)c4ccccc4)C[C@H](c4ccc(CO)cc4)O3)c2)cc1. The number of aliphatic hydroxyl groups is 2. The van der Waals surface area contributed by atoms with Gasteiger partial charge in [-0.3, -0.25) is 9.69 Å². The second kappa shape index (κ2) is 18.3. The first-order chi connectivity index (χ1) is 26.5. The second-order valence-corrected chi connectivity index (χ2v) is 15.9. The Morgan fingerprint density at radius 1 is 0.836 bits per heavy atom. The number of ether oxygens (including phenoxy) is 2. The van der Waals surface area contributed by atoms with Gasteiger partial charge in [-0.1, -0.05) is 115 Å². The van der Waals surface area contributed by atoms with Crippen molar-refractivity contribution in [2.45, 2.75) is 74.9 Å². The molecular weight excluding hydrogens is 715 g/mol. The lowest BCUT2D eigenvalue weighted by Gasteiger charge is -2.39. The number of rotatable bonds is 15. The van der Waals surface area contributed by atoms with Crippen molar-refractivity contribution in [3.05, 3.63) is 167 Å². The van der Waals surface area contributed by atoms with Gasteiger partial charge in [0.25, 0.3) is 0 Å². The number of hydrogen-bond donors (Lipinski definition) is 4. The zero-order chi connectivity index (χ0) is 39.0. The molecule has 1 aliphatic heterocycles. The van der Waals surface area contributed by atoms with E-state index in [1.807, 2.05) is 112 Å². The number of likely N-dealkylation sites (N-methyl/N-ethyl adjacent to an activating group) is 1. The number of carbonyl (C=O) groups excluding carboxylic acids is 1. The Balaban J connectivity index is 1.22. The first kappa shape index (κ1) is 40.0. The monoisotopic (exact) mass is 763 g/mol. The van der Waals surface area contributed by atoms with Crippen LogP contribution in [0.4, 0.5) is 5.69 Å². The van der Waals surface area contributed by atoms with Gasteiger partial charge in [-0.25, -0.2) is 8.42 Å². The number of nitrogens with one attached hydrogen (secondary N) is 2. The van der Waals surface area contributed by atoms with Gasteiger partial charge in [-0.05, 0) is 73.8 Å². The van der Waals surface area contributed by atoms with Crippen molar-refractivity contribution in [1.82, 2.24) is 9.62 Å². The van der Waals surface area contributed by atoms with Gasteiger partial charge >= 0.3 is 0 Å². The van der Waals surface area contributed by atoms with E-state index in [1.54, 1.807) is 30.3 Å². The highest BCUT2D eigenvalue weighted by Crippen LogP contribution is 2.39. The number of aryl methyl sites for hydroxylation is 1. The lowest BCUT2D eigenvalue weighted by atomic mass is 9.98. The van der Waals surface area contributed by atoms with Crippen LogP contribution in [0.2, 0.25) is 0 Å². The van der Waals surface area contributed by atoms with E-state index in [1.165, 1.54) is 12.1 Å². The normalized spacial score (nSPS) is 19.1. The maximum Gasteiger partial charge on any atom is 0.242 e. The number of aliphatic hydroxyl groups excluding tert-OH is 2. The van der Waals surface area contributed by atoms with Crippen LogP contribution in [0.25, 0.3) is 0 Å². The molecule has 1 amide bonds. The molecule has 1 aliphatic rings. The van der Waals surface area contributed by atoms with Crippen molar-refractivity contribution in [2.24, 2.45) is 0 Å². The zero-order valence-corrected chi connectivity index (χ0v) is 32.1. The largest absolute Gasteiger partial charge is 0.392 e. The Morgan fingerprint density at radius 3 is 2.18 bits per heavy atom. The topological polar surface area (TPSA) is 137 Å². The number of benzene rings is 5. The molecule has 10 nitrogen and oxygen atoms in total. The molecule has 0 aliphatic carbocycles. The molecule has 1 heterocycles. The van der Waals surface area contributed by atoms with Crippen LogP contribution in [0.15, 0.2) is 138 Å². The highest BCUT2D eigenvalue weighted by molar-refractivity contribution is 7.89. The van der Waals surface area contributed by atoms with E-state index in [9.17, 15) is 23.4 Å². The Bertz CT molecular complexity index is 2100. The van der Waals surface area contributed by atoms with Crippen LogP contribution in [-0.2, 0) is 37.3 Å². The molecule has 0 saturated carbocycles. The summed E-state index contributed by atoms with van der Waals surface area (Å²) in [6.45, 7) is 4.30. The molecule has 6 rings (SSSR count). The fourth-order valence-electron chi connectivity index (χ4n) is 6.69. The van der Waals surface area contributed by atoms with Gasteiger partial charge in [-0.15, -0.1) is 0 Å². The summed E-state index contributed by atoms with van der Waals surface area (Å²) in [5.74, 6) is -0.519. The molecule has 4 N–H and O–H groups in total. The third-order valence-corrected chi connectivity index (χ3v) is 11.5. The number of anilines is 1. The maximum absolute atomic E-state index is 13.9. The van der Waals surface area contributed by atoms with Crippen LogP contribution in [0.3, 0.4) is 0 Å². The zero-order valence-electron chi connectivity index (χ0n) is 31.3. The number of amides is 1. The number of nitrogens with zero attached hydrogens (tertiary/aromatic N) is 1. The van der Waals surface area contributed by atoms with Crippen LogP contribution in [0.1, 0.15) is 65.2 Å². The van der Waals surface area contributed by atoms with Crippen LogP contribution >= 0.6 is 0 Å².